The Balaban J connectivity index is 2.68. The molecular weight excluding hydrogens is 270 g/mol. The van der Waals surface area contributed by atoms with E-state index in [0.29, 0.717) is 13.2 Å². The lowest BCUT2D eigenvalue weighted by Crippen LogP contribution is -2.28. The third kappa shape index (κ3) is 5.19. The van der Waals surface area contributed by atoms with E-state index in [-0.39, 0.29) is 17.7 Å². The van der Waals surface area contributed by atoms with E-state index in [0.717, 1.165) is 13.1 Å². The predicted molar refractivity (Wildman–Crippen MR) is 80.5 cm³/mol. The first-order valence-corrected chi connectivity index (χ1v) is 7.29. The van der Waals surface area contributed by atoms with Gasteiger partial charge in [-0.3, -0.25) is 0 Å². The van der Waals surface area contributed by atoms with Gasteiger partial charge in [0.05, 0.1) is 17.7 Å². The van der Waals surface area contributed by atoms with Crippen molar-refractivity contribution >= 4 is 11.9 Å². The van der Waals surface area contributed by atoms with Crippen molar-refractivity contribution in [1.29, 1.82) is 0 Å². The lowest BCUT2D eigenvalue weighted by Gasteiger charge is -2.17. The fraction of sp³-hybridized carbons (Fsp3) is 0.500. The van der Waals surface area contributed by atoms with Crippen LogP contribution in [0.25, 0.3) is 0 Å². The van der Waals surface area contributed by atoms with Gasteiger partial charge in [0.15, 0.2) is 0 Å². The zero-order chi connectivity index (χ0) is 15.7. The molecule has 0 atom stereocenters. The molecule has 0 aliphatic rings. The molecule has 1 aromatic carbocycles. The highest BCUT2D eigenvalue weighted by Gasteiger charge is 2.18. The van der Waals surface area contributed by atoms with Gasteiger partial charge in [0.1, 0.15) is 6.61 Å². The standard InChI is InChI=1S/C16H23NO4/c1-4-17(5-2)11-12-21-16(19)14-10-8-7-9-13(14)15(18)20-6-3/h7-10H,4-6,11-12H2,1-3H3. The smallest absolute Gasteiger partial charge is 0.339 e. The average molecular weight is 293 g/mol. The van der Waals surface area contributed by atoms with Gasteiger partial charge in [-0.05, 0) is 32.1 Å². The summed E-state index contributed by atoms with van der Waals surface area (Å²) >= 11 is 0. The second kappa shape index (κ2) is 9.13. The number of hydrogen-bond acceptors (Lipinski definition) is 5. The van der Waals surface area contributed by atoms with Crippen molar-refractivity contribution in [1.82, 2.24) is 4.90 Å². The van der Waals surface area contributed by atoms with Crippen LogP contribution in [0.3, 0.4) is 0 Å². The average Bonchev–Trinajstić information content (AvgIpc) is 2.51. The van der Waals surface area contributed by atoms with E-state index in [9.17, 15) is 9.59 Å². The Morgan fingerprint density at radius 2 is 1.48 bits per heavy atom. The van der Waals surface area contributed by atoms with Gasteiger partial charge in [0.25, 0.3) is 0 Å². The van der Waals surface area contributed by atoms with Gasteiger partial charge in [-0.1, -0.05) is 26.0 Å². The molecule has 1 rings (SSSR count). The fourth-order valence-corrected chi connectivity index (χ4v) is 1.93. The highest BCUT2D eigenvalue weighted by atomic mass is 16.5. The lowest BCUT2D eigenvalue weighted by molar-refractivity contribution is 0.0441. The molecule has 0 fully saturated rings. The molecule has 5 heteroatoms. The van der Waals surface area contributed by atoms with Crippen LogP contribution >= 0.6 is 0 Å². The summed E-state index contributed by atoms with van der Waals surface area (Å²) < 4.78 is 10.2. The second-order valence-corrected chi connectivity index (χ2v) is 4.43. The van der Waals surface area contributed by atoms with Crippen molar-refractivity contribution in [2.75, 3.05) is 32.8 Å². The summed E-state index contributed by atoms with van der Waals surface area (Å²) in [7, 11) is 0. The van der Waals surface area contributed by atoms with Crippen LogP contribution in [0.1, 0.15) is 41.5 Å². The van der Waals surface area contributed by atoms with Gasteiger partial charge < -0.3 is 14.4 Å². The Kier molecular flexibility index (Phi) is 7.46. The molecule has 0 aromatic heterocycles. The Hall–Kier alpha value is -1.88. The number of rotatable bonds is 8. The van der Waals surface area contributed by atoms with Crippen molar-refractivity contribution in [3.05, 3.63) is 35.4 Å². The third-order valence-corrected chi connectivity index (χ3v) is 3.18. The number of esters is 2. The Morgan fingerprint density at radius 1 is 0.952 bits per heavy atom. The summed E-state index contributed by atoms with van der Waals surface area (Å²) in [4.78, 5) is 26.0. The van der Waals surface area contributed by atoms with Crippen LogP contribution < -0.4 is 0 Å². The van der Waals surface area contributed by atoms with E-state index >= 15 is 0 Å². The van der Waals surface area contributed by atoms with Gasteiger partial charge in [0.2, 0.25) is 0 Å². The van der Waals surface area contributed by atoms with Crippen molar-refractivity contribution in [2.45, 2.75) is 20.8 Å². The van der Waals surface area contributed by atoms with E-state index in [4.69, 9.17) is 9.47 Å². The first-order chi connectivity index (χ1) is 10.1. The predicted octanol–water partition coefficient (Wildman–Crippen LogP) is 2.36. The van der Waals surface area contributed by atoms with Crippen molar-refractivity contribution in [2.24, 2.45) is 0 Å². The number of carbonyl (C=O) groups excluding carboxylic acids is 2. The highest BCUT2D eigenvalue weighted by Crippen LogP contribution is 2.12. The van der Waals surface area contributed by atoms with E-state index in [1.165, 1.54) is 0 Å². The van der Waals surface area contributed by atoms with Crippen LogP contribution in [0, 0.1) is 0 Å². The Morgan fingerprint density at radius 3 is 1.95 bits per heavy atom. The third-order valence-electron chi connectivity index (χ3n) is 3.18. The van der Waals surface area contributed by atoms with Gasteiger partial charge in [-0.15, -0.1) is 0 Å². The summed E-state index contributed by atoms with van der Waals surface area (Å²) in [6.45, 7) is 8.91. The molecule has 0 spiro atoms. The lowest BCUT2D eigenvalue weighted by atomic mass is 10.1. The monoisotopic (exact) mass is 293 g/mol. The Bertz CT molecular complexity index is 469. The van der Waals surface area contributed by atoms with E-state index in [2.05, 4.69) is 18.7 Å². The van der Waals surface area contributed by atoms with Crippen LogP contribution in [0.2, 0.25) is 0 Å². The van der Waals surface area contributed by atoms with Gasteiger partial charge in [0, 0.05) is 6.54 Å². The molecule has 0 aliphatic carbocycles. The number of nitrogens with zero attached hydrogens (tertiary/aromatic N) is 1. The molecule has 0 saturated heterocycles. The molecule has 0 radical (unpaired) electrons. The maximum Gasteiger partial charge on any atom is 0.339 e. The topological polar surface area (TPSA) is 55.8 Å². The zero-order valence-corrected chi connectivity index (χ0v) is 12.9. The van der Waals surface area contributed by atoms with Gasteiger partial charge in [-0.25, -0.2) is 9.59 Å². The first-order valence-electron chi connectivity index (χ1n) is 7.29. The summed E-state index contributed by atoms with van der Waals surface area (Å²) in [5, 5.41) is 0. The maximum atomic E-state index is 12.1. The summed E-state index contributed by atoms with van der Waals surface area (Å²) in [6, 6.07) is 6.54. The minimum absolute atomic E-state index is 0.243. The summed E-state index contributed by atoms with van der Waals surface area (Å²) in [5.41, 5.74) is 0.489. The van der Waals surface area contributed by atoms with Crippen LogP contribution in [-0.4, -0.2) is 49.7 Å². The SMILES string of the molecule is CCOC(=O)c1ccccc1C(=O)OCCN(CC)CC. The van der Waals surface area contributed by atoms with Crippen molar-refractivity contribution in [3.63, 3.8) is 0 Å². The summed E-state index contributed by atoms with van der Waals surface area (Å²) in [6.07, 6.45) is 0. The molecule has 0 heterocycles. The molecule has 0 amide bonds. The minimum atomic E-state index is -0.506. The number of carbonyl (C=O) groups is 2. The van der Waals surface area contributed by atoms with Crippen molar-refractivity contribution < 1.29 is 19.1 Å². The second-order valence-electron chi connectivity index (χ2n) is 4.43. The highest BCUT2D eigenvalue weighted by molar-refractivity contribution is 6.03. The molecule has 0 bridgehead atoms. The fourth-order valence-electron chi connectivity index (χ4n) is 1.93. The molecule has 0 N–H and O–H groups in total. The molecule has 116 valence electrons. The number of ether oxygens (including phenoxy) is 2. The molecule has 5 nitrogen and oxygen atoms in total. The van der Waals surface area contributed by atoms with E-state index in [1.54, 1.807) is 31.2 Å². The van der Waals surface area contributed by atoms with Crippen molar-refractivity contribution in [3.8, 4) is 0 Å². The Labute approximate surface area is 125 Å². The number of benzene rings is 1. The zero-order valence-electron chi connectivity index (χ0n) is 12.9. The van der Waals surface area contributed by atoms with Crippen LogP contribution in [-0.2, 0) is 9.47 Å². The quantitative estimate of drug-likeness (QED) is 0.689. The molecule has 21 heavy (non-hydrogen) atoms. The number of likely N-dealkylation sites (N-methyl/N-ethyl adjacent to an activating group) is 1. The maximum absolute atomic E-state index is 12.1. The van der Waals surface area contributed by atoms with E-state index < -0.39 is 11.9 Å². The van der Waals surface area contributed by atoms with Crippen LogP contribution in [0.4, 0.5) is 0 Å². The largest absolute Gasteiger partial charge is 0.462 e. The molecule has 0 saturated carbocycles. The molecule has 1 aromatic rings. The van der Waals surface area contributed by atoms with E-state index in [1.807, 2.05) is 0 Å². The summed E-state index contributed by atoms with van der Waals surface area (Å²) in [5.74, 6) is -1.00. The van der Waals surface area contributed by atoms with Crippen LogP contribution in [0.15, 0.2) is 24.3 Å². The number of hydrogen-bond donors (Lipinski definition) is 0. The molecular formula is C16H23NO4. The van der Waals surface area contributed by atoms with Gasteiger partial charge in [-0.2, -0.15) is 0 Å². The first kappa shape index (κ1) is 17.2. The van der Waals surface area contributed by atoms with Gasteiger partial charge >= 0.3 is 11.9 Å². The normalized spacial score (nSPS) is 10.5. The molecule has 0 unspecified atom stereocenters. The van der Waals surface area contributed by atoms with Crippen LogP contribution in [0.5, 0.6) is 0 Å². The molecule has 0 aliphatic heterocycles. The minimum Gasteiger partial charge on any atom is -0.462 e.